The fraction of sp³-hybridized carbons (Fsp3) is 0.682. The van der Waals surface area contributed by atoms with E-state index in [1.54, 1.807) is 0 Å². The SMILES string of the molecule is CN=C(NCCCN1CCCCC1C)NCc1ccccc1N1CCOCC1. The van der Waals surface area contributed by atoms with Crippen molar-refractivity contribution in [3.05, 3.63) is 29.8 Å². The number of morpholine rings is 1. The van der Waals surface area contributed by atoms with E-state index in [-0.39, 0.29) is 0 Å². The van der Waals surface area contributed by atoms with Crippen molar-refractivity contribution in [2.45, 2.75) is 45.2 Å². The minimum atomic E-state index is 0.739. The van der Waals surface area contributed by atoms with Gasteiger partial charge in [0.15, 0.2) is 5.96 Å². The van der Waals surface area contributed by atoms with Crippen LogP contribution in [0.1, 0.15) is 38.2 Å². The Bertz CT molecular complexity index is 615. The van der Waals surface area contributed by atoms with Crippen molar-refractivity contribution in [3.63, 3.8) is 0 Å². The maximum atomic E-state index is 5.49. The summed E-state index contributed by atoms with van der Waals surface area (Å²) in [6.45, 7) is 10.0. The number of piperidine rings is 1. The van der Waals surface area contributed by atoms with Crippen molar-refractivity contribution in [2.75, 3.05) is 57.9 Å². The summed E-state index contributed by atoms with van der Waals surface area (Å²) < 4.78 is 5.49. The molecule has 0 aromatic heterocycles. The van der Waals surface area contributed by atoms with E-state index in [2.05, 4.69) is 56.6 Å². The first kappa shape index (κ1) is 20.9. The van der Waals surface area contributed by atoms with Gasteiger partial charge in [0, 0.05) is 51.5 Å². The van der Waals surface area contributed by atoms with Crippen LogP contribution >= 0.6 is 0 Å². The number of nitrogens with zero attached hydrogens (tertiary/aromatic N) is 3. The Morgan fingerprint density at radius 2 is 1.96 bits per heavy atom. The maximum absolute atomic E-state index is 5.49. The van der Waals surface area contributed by atoms with Gasteiger partial charge < -0.3 is 25.2 Å². The molecule has 1 aromatic rings. The van der Waals surface area contributed by atoms with Crippen molar-refractivity contribution in [1.82, 2.24) is 15.5 Å². The highest BCUT2D eigenvalue weighted by Crippen LogP contribution is 2.21. The first-order chi connectivity index (χ1) is 13.8. The summed E-state index contributed by atoms with van der Waals surface area (Å²) in [4.78, 5) is 9.43. The molecular formula is C22H37N5O. The monoisotopic (exact) mass is 387 g/mol. The molecule has 0 amide bonds. The van der Waals surface area contributed by atoms with E-state index in [4.69, 9.17) is 4.74 Å². The molecule has 2 aliphatic heterocycles. The van der Waals surface area contributed by atoms with E-state index in [1.165, 1.54) is 43.6 Å². The fourth-order valence-electron chi connectivity index (χ4n) is 4.15. The first-order valence-corrected chi connectivity index (χ1v) is 10.9. The van der Waals surface area contributed by atoms with Gasteiger partial charge in [-0.3, -0.25) is 4.99 Å². The van der Waals surface area contributed by atoms with E-state index < -0.39 is 0 Å². The number of hydrogen-bond donors (Lipinski definition) is 2. The fourth-order valence-corrected chi connectivity index (χ4v) is 4.15. The Labute approximate surface area is 170 Å². The molecule has 2 N–H and O–H groups in total. The predicted molar refractivity (Wildman–Crippen MR) is 117 cm³/mol. The minimum Gasteiger partial charge on any atom is -0.378 e. The second kappa shape index (κ2) is 11.3. The number of guanidine groups is 1. The smallest absolute Gasteiger partial charge is 0.191 e. The molecule has 2 saturated heterocycles. The van der Waals surface area contributed by atoms with Crippen molar-refractivity contribution in [2.24, 2.45) is 4.99 Å². The van der Waals surface area contributed by atoms with E-state index in [1.807, 2.05) is 7.05 Å². The molecule has 1 unspecified atom stereocenters. The first-order valence-electron chi connectivity index (χ1n) is 10.9. The number of aliphatic imine (C=N–C) groups is 1. The van der Waals surface area contributed by atoms with Crippen LogP contribution < -0.4 is 15.5 Å². The van der Waals surface area contributed by atoms with E-state index in [0.717, 1.165) is 57.8 Å². The maximum Gasteiger partial charge on any atom is 0.191 e. The molecular weight excluding hydrogens is 350 g/mol. The summed E-state index contributed by atoms with van der Waals surface area (Å²) in [6, 6.07) is 9.36. The normalized spacial score (nSPS) is 21.6. The molecule has 2 fully saturated rings. The summed E-state index contributed by atoms with van der Waals surface area (Å²) in [7, 11) is 1.84. The highest BCUT2D eigenvalue weighted by atomic mass is 16.5. The van der Waals surface area contributed by atoms with Crippen molar-refractivity contribution in [1.29, 1.82) is 0 Å². The lowest BCUT2D eigenvalue weighted by Gasteiger charge is -2.33. The number of para-hydroxylation sites is 1. The summed E-state index contributed by atoms with van der Waals surface area (Å²) >= 11 is 0. The number of benzene rings is 1. The van der Waals surface area contributed by atoms with Gasteiger partial charge in [-0.05, 0) is 44.4 Å². The highest BCUT2D eigenvalue weighted by Gasteiger charge is 2.17. The second-order valence-electron chi connectivity index (χ2n) is 7.82. The van der Waals surface area contributed by atoms with Crippen molar-refractivity contribution >= 4 is 11.6 Å². The van der Waals surface area contributed by atoms with Crippen LogP contribution in [-0.2, 0) is 11.3 Å². The predicted octanol–water partition coefficient (Wildman–Crippen LogP) is 2.45. The Hall–Kier alpha value is -1.79. The second-order valence-corrected chi connectivity index (χ2v) is 7.82. The number of likely N-dealkylation sites (tertiary alicyclic amines) is 1. The lowest BCUT2D eigenvalue weighted by Crippen LogP contribution is -2.41. The lowest BCUT2D eigenvalue weighted by molar-refractivity contribution is 0.122. The molecule has 28 heavy (non-hydrogen) atoms. The molecule has 2 heterocycles. The average Bonchev–Trinajstić information content (AvgIpc) is 2.75. The summed E-state index contributed by atoms with van der Waals surface area (Å²) in [5.41, 5.74) is 2.60. The zero-order valence-corrected chi connectivity index (χ0v) is 17.6. The average molecular weight is 388 g/mol. The molecule has 0 radical (unpaired) electrons. The summed E-state index contributed by atoms with van der Waals surface area (Å²) in [5.74, 6) is 0.878. The molecule has 0 bridgehead atoms. The third kappa shape index (κ3) is 6.11. The van der Waals surface area contributed by atoms with Crippen molar-refractivity contribution < 1.29 is 4.74 Å². The quantitative estimate of drug-likeness (QED) is 0.428. The van der Waals surface area contributed by atoms with Gasteiger partial charge >= 0.3 is 0 Å². The van der Waals surface area contributed by atoms with Crippen LogP contribution in [-0.4, -0.2) is 69.9 Å². The third-order valence-corrected chi connectivity index (χ3v) is 5.87. The number of nitrogens with one attached hydrogen (secondary N) is 2. The minimum absolute atomic E-state index is 0.739. The zero-order valence-electron chi connectivity index (χ0n) is 17.6. The van der Waals surface area contributed by atoms with Gasteiger partial charge in [-0.1, -0.05) is 24.6 Å². The Morgan fingerprint density at radius 1 is 1.14 bits per heavy atom. The standard InChI is InChI=1S/C22H37N5O/c1-19-8-5-6-12-26(19)13-7-11-24-22(23-2)25-18-20-9-3-4-10-21(20)27-14-16-28-17-15-27/h3-4,9-10,19H,5-8,11-18H2,1-2H3,(H2,23,24,25). The number of anilines is 1. The number of hydrogen-bond acceptors (Lipinski definition) is 4. The van der Waals surface area contributed by atoms with Gasteiger partial charge in [-0.2, -0.15) is 0 Å². The van der Waals surface area contributed by atoms with Crippen LogP contribution in [0.4, 0.5) is 5.69 Å². The summed E-state index contributed by atoms with van der Waals surface area (Å²) in [6.07, 6.45) is 5.23. The van der Waals surface area contributed by atoms with Gasteiger partial charge in [-0.15, -0.1) is 0 Å². The Morgan fingerprint density at radius 3 is 2.75 bits per heavy atom. The van der Waals surface area contributed by atoms with E-state index >= 15 is 0 Å². The lowest BCUT2D eigenvalue weighted by atomic mass is 10.0. The number of rotatable bonds is 7. The summed E-state index contributed by atoms with van der Waals surface area (Å²) in [5, 5.41) is 6.95. The molecule has 0 aliphatic carbocycles. The largest absolute Gasteiger partial charge is 0.378 e. The Balaban J connectivity index is 1.43. The van der Waals surface area contributed by atoms with Crippen LogP contribution in [0.25, 0.3) is 0 Å². The van der Waals surface area contributed by atoms with Gasteiger partial charge in [0.25, 0.3) is 0 Å². The Kier molecular flexibility index (Phi) is 8.42. The van der Waals surface area contributed by atoms with Gasteiger partial charge in [0.1, 0.15) is 0 Å². The van der Waals surface area contributed by atoms with Gasteiger partial charge in [0.2, 0.25) is 0 Å². The molecule has 3 rings (SSSR count). The molecule has 0 saturated carbocycles. The van der Waals surface area contributed by atoms with Crippen LogP contribution in [0.2, 0.25) is 0 Å². The highest BCUT2D eigenvalue weighted by molar-refractivity contribution is 5.79. The van der Waals surface area contributed by atoms with Gasteiger partial charge in [-0.25, -0.2) is 0 Å². The molecule has 6 heteroatoms. The molecule has 156 valence electrons. The van der Waals surface area contributed by atoms with Crippen LogP contribution in [0.15, 0.2) is 29.3 Å². The van der Waals surface area contributed by atoms with Crippen LogP contribution in [0.5, 0.6) is 0 Å². The molecule has 2 aliphatic rings. The van der Waals surface area contributed by atoms with Gasteiger partial charge in [0.05, 0.1) is 13.2 Å². The van der Waals surface area contributed by atoms with E-state index in [9.17, 15) is 0 Å². The van der Waals surface area contributed by atoms with E-state index in [0.29, 0.717) is 0 Å². The molecule has 0 spiro atoms. The molecule has 1 atom stereocenters. The molecule has 1 aromatic carbocycles. The topological polar surface area (TPSA) is 52.1 Å². The zero-order chi connectivity index (χ0) is 19.6. The third-order valence-electron chi connectivity index (χ3n) is 5.87. The van der Waals surface area contributed by atoms with Crippen LogP contribution in [0, 0.1) is 0 Å². The van der Waals surface area contributed by atoms with Crippen molar-refractivity contribution in [3.8, 4) is 0 Å². The molecule has 6 nitrogen and oxygen atoms in total. The number of ether oxygens (including phenoxy) is 1. The van der Waals surface area contributed by atoms with Crippen LogP contribution in [0.3, 0.4) is 0 Å².